The fourth-order valence-electron chi connectivity index (χ4n) is 2.74. The third-order valence-corrected chi connectivity index (χ3v) is 3.95. The quantitative estimate of drug-likeness (QED) is 0.476. The van der Waals surface area contributed by atoms with Gasteiger partial charge in [0.1, 0.15) is 0 Å². The minimum Gasteiger partial charge on any atom is -0.465 e. The van der Waals surface area contributed by atoms with Crippen molar-refractivity contribution in [3.8, 4) is 0 Å². The van der Waals surface area contributed by atoms with Crippen LogP contribution in [0.3, 0.4) is 0 Å². The molecule has 116 valence electrons. The number of hydrogen-bond donors (Lipinski definition) is 0. The molecule has 0 radical (unpaired) electrons. The zero-order valence-corrected chi connectivity index (χ0v) is 12.7. The third-order valence-electron chi connectivity index (χ3n) is 3.95. The molecule has 4 heteroatoms. The summed E-state index contributed by atoms with van der Waals surface area (Å²) in [5.41, 5.74) is -0.794. The fraction of sp³-hybridized carbons (Fsp3) is 0.389. The van der Waals surface area contributed by atoms with Crippen LogP contribution >= 0.6 is 0 Å². The first-order valence-electron chi connectivity index (χ1n) is 7.59. The van der Waals surface area contributed by atoms with E-state index >= 15 is 0 Å². The lowest BCUT2D eigenvalue weighted by atomic mass is 9.70. The number of benzene rings is 1. The summed E-state index contributed by atoms with van der Waals surface area (Å²) in [6.07, 6.45) is 4.85. The number of carbonyl (C=O) groups excluding carboxylic acids is 3. The third kappa shape index (κ3) is 3.16. The highest BCUT2D eigenvalue weighted by Crippen LogP contribution is 2.36. The van der Waals surface area contributed by atoms with Gasteiger partial charge in [-0.2, -0.15) is 0 Å². The van der Waals surface area contributed by atoms with Crippen LogP contribution in [0, 0.1) is 5.41 Å². The Morgan fingerprint density at radius 1 is 1.23 bits per heavy atom. The van der Waals surface area contributed by atoms with Gasteiger partial charge in [-0.1, -0.05) is 42.8 Å². The highest BCUT2D eigenvalue weighted by Gasteiger charge is 2.52. The number of rotatable bonds is 5. The summed E-state index contributed by atoms with van der Waals surface area (Å²) in [6, 6.07) is 9.30. The summed E-state index contributed by atoms with van der Waals surface area (Å²) in [6.45, 7) is 1.83. The number of allylic oxidation sites excluding steroid dienone is 1. The molecule has 2 rings (SSSR count). The standard InChI is InChI=1S/C18H20O4/c1-2-22-17(21)18(13-7-6-10-15(18)19)16(20)12-11-14-8-4-3-5-9-14/h3-5,8-9,11-12H,2,6-7,10,13H2,1H3/b12-11+. The monoisotopic (exact) mass is 300 g/mol. The van der Waals surface area contributed by atoms with Crippen molar-refractivity contribution in [3.63, 3.8) is 0 Å². The van der Waals surface area contributed by atoms with Gasteiger partial charge in [0.2, 0.25) is 0 Å². The van der Waals surface area contributed by atoms with E-state index in [0.717, 1.165) is 12.0 Å². The molecule has 1 aliphatic rings. The average Bonchev–Trinajstić information content (AvgIpc) is 2.54. The second-order valence-corrected chi connectivity index (χ2v) is 5.36. The van der Waals surface area contributed by atoms with Gasteiger partial charge < -0.3 is 4.74 Å². The molecule has 1 aliphatic carbocycles. The lowest BCUT2D eigenvalue weighted by Crippen LogP contribution is -2.48. The molecule has 0 N–H and O–H groups in total. The zero-order chi connectivity index (χ0) is 16.0. The van der Waals surface area contributed by atoms with E-state index in [1.165, 1.54) is 6.08 Å². The Bertz CT molecular complexity index is 588. The van der Waals surface area contributed by atoms with E-state index in [-0.39, 0.29) is 25.2 Å². The Balaban J connectivity index is 2.28. The molecule has 1 fully saturated rings. The van der Waals surface area contributed by atoms with Crippen LogP contribution in [0.1, 0.15) is 38.2 Å². The molecule has 4 nitrogen and oxygen atoms in total. The highest BCUT2D eigenvalue weighted by molar-refractivity contribution is 6.26. The molecule has 1 atom stereocenters. The SMILES string of the molecule is CCOC(=O)C1(C(=O)/C=C/c2ccccc2)CCCCC1=O. The van der Waals surface area contributed by atoms with E-state index in [9.17, 15) is 14.4 Å². The van der Waals surface area contributed by atoms with Crippen LogP contribution < -0.4 is 0 Å². The second kappa shape index (κ2) is 7.16. The predicted molar refractivity (Wildman–Crippen MR) is 83.0 cm³/mol. The lowest BCUT2D eigenvalue weighted by Gasteiger charge is -2.30. The maximum Gasteiger partial charge on any atom is 0.327 e. The summed E-state index contributed by atoms with van der Waals surface area (Å²) in [4.78, 5) is 37.2. The molecule has 0 aromatic heterocycles. The average molecular weight is 300 g/mol. The fourth-order valence-corrected chi connectivity index (χ4v) is 2.74. The number of carbonyl (C=O) groups is 3. The minimum absolute atomic E-state index is 0.156. The van der Waals surface area contributed by atoms with E-state index in [2.05, 4.69) is 0 Å². The Morgan fingerprint density at radius 2 is 1.95 bits per heavy atom. The van der Waals surface area contributed by atoms with Crippen LogP contribution in [0.15, 0.2) is 36.4 Å². The van der Waals surface area contributed by atoms with Crippen molar-refractivity contribution >= 4 is 23.6 Å². The summed E-state index contributed by atoms with van der Waals surface area (Å²) in [7, 11) is 0. The van der Waals surface area contributed by atoms with Crippen molar-refractivity contribution in [2.24, 2.45) is 5.41 Å². The largest absolute Gasteiger partial charge is 0.465 e. The van der Waals surface area contributed by atoms with Crippen LogP contribution in [-0.2, 0) is 19.1 Å². The Hall–Kier alpha value is -2.23. The minimum atomic E-state index is -1.64. The van der Waals surface area contributed by atoms with Crippen molar-refractivity contribution in [3.05, 3.63) is 42.0 Å². The van der Waals surface area contributed by atoms with Gasteiger partial charge in [0.25, 0.3) is 0 Å². The summed E-state index contributed by atoms with van der Waals surface area (Å²) in [5, 5.41) is 0. The number of ether oxygens (including phenoxy) is 1. The first-order valence-corrected chi connectivity index (χ1v) is 7.59. The maximum absolute atomic E-state index is 12.6. The second-order valence-electron chi connectivity index (χ2n) is 5.36. The van der Waals surface area contributed by atoms with E-state index in [4.69, 9.17) is 4.74 Å². The summed E-state index contributed by atoms with van der Waals surface area (Å²) < 4.78 is 5.01. The molecule has 1 saturated carbocycles. The topological polar surface area (TPSA) is 60.4 Å². The number of Topliss-reactive ketones (excluding diaryl/α,β-unsaturated/α-hetero) is 1. The Labute approximate surface area is 130 Å². The molecule has 1 aromatic carbocycles. The van der Waals surface area contributed by atoms with Gasteiger partial charge in [0.15, 0.2) is 17.0 Å². The number of hydrogen-bond acceptors (Lipinski definition) is 4. The van der Waals surface area contributed by atoms with Gasteiger partial charge in [0, 0.05) is 6.42 Å². The van der Waals surface area contributed by atoms with E-state index in [1.807, 2.05) is 30.3 Å². The molecule has 22 heavy (non-hydrogen) atoms. The molecule has 0 spiro atoms. The summed E-state index contributed by atoms with van der Waals surface area (Å²) >= 11 is 0. The molecule has 0 saturated heterocycles. The molecule has 0 amide bonds. The van der Waals surface area contributed by atoms with Crippen molar-refractivity contribution < 1.29 is 19.1 Å². The maximum atomic E-state index is 12.6. The van der Waals surface area contributed by atoms with Crippen molar-refractivity contribution in [1.29, 1.82) is 0 Å². The van der Waals surface area contributed by atoms with E-state index in [0.29, 0.717) is 6.42 Å². The molecule has 0 aliphatic heterocycles. The van der Waals surface area contributed by atoms with Crippen LogP contribution in [0.4, 0.5) is 0 Å². The van der Waals surface area contributed by atoms with Crippen LogP contribution in [0.5, 0.6) is 0 Å². The molecule has 0 heterocycles. The Morgan fingerprint density at radius 3 is 2.59 bits per heavy atom. The lowest BCUT2D eigenvalue weighted by molar-refractivity contribution is -0.164. The normalized spacial score (nSPS) is 21.8. The Kier molecular flexibility index (Phi) is 5.26. The first kappa shape index (κ1) is 16.1. The van der Waals surface area contributed by atoms with Gasteiger partial charge in [-0.3, -0.25) is 14.4 Å². The van der Waals surface area contributed by atoms with Gasteiger partial charge in [-0.05, 0) is 31.4 Å². The van der Waals surface area contributed by atoms with Gasteiger partial charge >= 0.3 is 5.97 Å². The predicted octanol–water partition coefficient (Wildman–Crippen LogP) is 2.96. The number of esters is 1. The highest BCUT2D eigenvalue weighted by atomic mass is 16.5. The smallest absolute Gasteiger partial charge is 0.327 e. The van der Waals surface area contributed by atoms with E-state index in [1.54, 1.807) is 13.0 Å². The van der Waals surface area contributed by atoms with Crippen LogP contribution in [-0.4, -0.2) is 24.1 Å². The molecule has 1 aromatic rings. The molecular weight excluding hydrogens is 280 g/mol. The van der Waals surface area contributed by atoms with Crippen molar-refractivity contribution in [1.82, 2.24) is 0 Å². The van der Waals surface area contributed by atoms with Gasteiger partial charge in [0.05, 0.1) is 6.61 Å². The van der Waals surface area contributed by atoms with Gasteiger partial charge in [-0.15, -0.1) is 0 Å². The molecule has 0 bridgehead atoms. The first-order chi connectivity index (χ1) is 10.6. The number of ketones is 2. The van der Waals surface area contributed by atoms with E-state index < -0.39 is 17.2 Å². The molecule has 1 unspecified atom stereocenters. The van der Waals surface area contributed by atoms with Crippen LogP contribution in [0.25, 0.3) is 6.08 Å². The molecular formula is C18H20O4. The summed E-state index contributed by atoms with van der Waals surface area (Å²) in [5.74, 6) is -1.50. The van der Waals surface area contributed by atoms with Crippen LogP contribution in [0.2, 0.25) is 0 Å². The van der Waals surface area contributed by atoms with Gasteiger partial charge in [-0.25, -0.2) is 0 Å². The van der Waals surface area contributed by atoms with Crippen molar-refractivity contribution in [2.45, 2.75) is 32.6 Å². The van der Waals surface area contributed by atoms with Crippen molar-refractivity contribution in [2.75, 3.05) is 6.61 Å². The zero-order valence-electron chi connectivity index (χ0n) is 12.7.